The average molecular weight is 361 g/mol. The van der Waals surface area contributed by atoms with E-state index in [2.05, 4.69) is 29.3 Å². The van der Waals surface area contributed by atoms with E-state index < -0.39 is 5.60 Å². The number of aliphatic hydroxyl groups is 1. The Kier molecular flexibility index (Phi) is 6.64. The molecular formula is C20H31N3O3. The summed E-state index contributed by atoms with van der Waals surface area (Å²) in [6.07, 6.45) is 1.36. The minimum Gasteiger partial charge on any atom is -0.379 e. The summed E-state index contributed by atoms with van der Waals surface area (Å²) in [6, 6.07) is 8.20. The van der Waals surface area contributed by atoms with Gasteiger partial charge < -0.3 is 20.1 Å². The predicted molar refractivity (Wildman–Crippen MR) is 101 cm³/mol. The Balaban J connectivity index is 1.48. The first-order valence-corrected chi connectivity index (χ1v) is 9.65. The zero-order valence-corrected chi connectivity index (χ0v) is 15.7. The van der Waals surface area contributed by atoms with Crippen molar-refractivity contribution in [2.45, 2.75) is 31.9 Å². The van der Waals surface area contributed by atoms with Gasteiger partial charge in [-0.25, -0.2) is 0 Å². The molecule has 26 heavy (non-hydrogen) atoms. The highest BCUT2D eigenvalue weighted by molar-refractivity contribution is 5.86. The SMILES string of the molecule is Cc1cccc(CN2CCC[C@](O)(CNCCN3CCOCC3)C2=O)c1. The second-order valence-electron chi connectivity index (χ2n) is 7.48. The number of hydrogen-bond acceptors (Lipinski definition) is 5. The van der Waals surface area contributed by atoms with Crippen LogP contribution in [0.5, 0.6) is 0 Å². The molecule has 2 saturated heterocycles. The average Bonchev–Trinajstić information content (AvgIpc) is 2.64. The van der Waals surface area contributed by atoms with Gasteiger partial charge in [-0.05, 0) is 25.3 Å². The number of carbonyl (C=O) groups excluding carboxylic acids is 1. The monoisotopic (exact) mass is 361 g/mol. The van der Waals surface area contributed by atoms with Crippen molar-refractivity contribution in [2.24, 2.45) is 0 Å². The van der Waals surface area contributed by atoms with Crippen LogP contribution in [0.25, 0.3) is 0 Å². The van der Waals surface area contributed by atoms with E-state index in [9.17, 15) is 9.90 Å². The molecule has 1 amide bonds. The predicted octanol–water partition coefficient (Wildman–Crippen LogP) is 0.770. The number of nitrogens with zero attached hydrogens (tertiary/aromatic N) is 2. The van der Waals surface area contributed by atoms with E-state index in [1.54, 1.807) is 4.90 Å². The van der Waals surface area contributed by atoms with Crippen LogP contribution in [0, 0.1) is 6.92 Å². The Morgan fingerprint density at radius 3 is 2.85 bits per heavy atom. The first-order valence-electron chi connectivity index (χ1n) is 9.65. The number of carbonyl (C=O) groups is 1. The van der Waals surface area contributed by atoms with Crippen molar-refractivity contribution in [3.63, 3.8) is 0 Å². The molecule has 2 N–H and O–H groups in total. The summed E-state index contributed by atoms with van der Waals surface area (Å²) >= 11 is 0. The van der Waals surface area contributed by atoms with Crippen LogP contribution in [0.4, 0.5) is 0 Å². The molecule has 144 valence electrons. The zero-order chi connectivity index (χ0) is 18.4. The lowest BCUT2D eigenvalue weighted by Crippen LogP contribution is -2.58. The number of benzene rings is 1. The molecule has 0 aromatic heterocycles. The van der Waals surface area contributed by atoms with Gasteiger partial charge in [-0.2, -0.15) is 0 Å². The summed E-state index contributed by atoms with van der Waals surface area (Å²) in [5, 5.41) is 14.2. The number of aryl methyl sites for hydroxylation is 1. The van der Waals surface area contributed by atoms with E-state index in [0.717, 1.165) is 51.4 Å². The number of amides is 1. The molecule has 3 rings (SSSR count). The van der Waals surface area contributed by atoms with Crippen LogP contribution in [-0.4, -0.2) is 78.9 Å². The maximum Gasteiger partial charge on any atom is 0.256 e. The van der Waals surface area contributed by atoms with Crippen LogP contribution in [0.2, 0.25) is 0 Å². The molecular weight excluding hydrogens is 330 g/mol. The van der Waals surface area contributed by atoms with E-state index in [4.69, 9.17) is 4.74 Å². The van der Waals surface area contributed by atoms with Gasteiger partial charge in [-0.1, -0.05) is 29.8 Å². The van der Waals surface area contributed by atoms with Crippen LogP contribution < -0.4 is 5.32 Å². The van der Waals surface area contributed by atoms with Crippen LogP contribution in [0.15, 0.2) is 24.3 Å². The molecule has 1 atom stereocenters. The Labute approximate surface area is 156 Å². The number of rotatable bonds is 7. The third-order valence-electron chi connectivity index (χ3n) is 5.29. The first kappa shape index (κ1) is 19.3. The summed E-state index contributed by atoms with van der Waals surface area (Å²) in [5.41, 5.74) is 1.02. The molecule has 2 aliphatic heterocycles. The van der Waals surface area contributed by atoms with Gasteiger partial charge in [0.15, 0.2) is 5.60 Å². The second kappa shape index (κ2) is 8.95. The number of morpholine rings is 1. The summed E-state index contributed by atoms with van der Waals surface area (Å²) in [6.45, 7) is 8.82. The number of hydrogen-bond donors (Lipinski definition) is 2. The fourth-order valence-electron chi connectivity index (χ4n) is 3.77. The smallest absolute Gasteiger partial charge is 0.256 e. The molecule has 0 spiro atoms. The third-order valence-corrected chi connectivity index (χ3v) is 5.29. The molecule has 1 aromatic carbocycles. The third kappa shape index (κ3) is 5.04. The van der Waals surface area contributed by atoms with E-state index in [-0.39, 0.29) is 5.91 Å². The second-order valence-corrected chi connectivity index (χ2v) is 7.48. The molecule has 2 fully saturated rings. The van der Waals surface area contributed by atoms with Crippen molar-refractivity contribution in [3.8, 4) is 0 Å². The van der Waals surface area contributed by atoms with Gasteiger partial charge in [0.05, 0.1) is 13.2 Å². The number of ether oxygens (including phenoxy) is 1. The maximum absolute atomic E-state index is 12.8. The molecule has 0 aliphatic carbocycles. The van der Waals surface area contributed by atoms with Crippen molar-refractivity contribution < 1.29 is 14.6 Å². The number of nitrogens with one attached hydrogen (secondary N) is 1. The highest BCUT2D eigenvalue weighted by atomic mass is 16.5. The van der Waals surface area contributed by atoms with Crippen LogP contribution in [-0.2, 0) is 16.1 Å². The molecule has 2 heterocycles. The summed E-state index contributed by atoms with van der Waals surface area (Å²) in [7, 11) is 0. The Morgan fingerprint density at radius 2 is 2.08 bits per heavy atom. The van der Waals surface area contributed by atoms with Crippen molar-refractivity contribution in [1.29, 1.82) is 0 Å². The summed E-state index contributed by atoms with van der Waals surface area (Å²) in [4.78, 5) is 17.0. The lowest BCUT2D eigenvalue weighted by atomic mass is 9.91. The zero-order valence-electron chi connectivity index (χ0n) is 15.7. The lowest BCUT2D eigenvalue weighted by Gasteiger charge is -2.38. The fourth-order valence-corrected chi connectivity index (χ4v) is 3.77. The summed E-state index contributed by atoms with van der Waals surface area (Å²) < 4.78 is 5.35. The van der Waals surface area contributed by atoms with Gasteiger partial charge in [0.2, 0.25) is 0 Å². The maximum atomic E-state index is 12.8. The van der Waals surface area contributed by atoms with Crippen molar-refractivity contribution in [3.05, 3.63) is 35.4 Å². The van der Waals surface area contributed by atoms with Gasteiger partial charge in [0, 0.05) is 45.8 Å². The Bertz CT molecular complexity index is 604. The molecule has 0 saturated carbocycles. The Morgan fingerprint density at radius 1 is 1.27 bits per heavy atom. The first-order chi connectivity index (χ1) is 12.6. The van der Waals surface area contributed by atoms with Gasteiger partial charge in [-0.15, -0.1) is 0 Å². The van der Waals surface area contributed by atoms with Crippen LogP contribution in [0.3, 0.4) is 0 Å². The highest BCUT2D eigenvalue weighted by Gasteiger charge is 2.41. The number of piperidine rings is 1. The molecule has 6 nitrogen and oxygen atoms in total. The topological polar surface area (TPSA) is 65.0 Å². The fraction of sp³-hybridized carbons (Fsp3) is 0.650. The minimum absolute atomic E-state index is 0.149. The van der Waals surface area contributed by atoms with Crippen LogP contribution >= 0.6 is 0 Å². The molecule has 0 unspecified atom stereocenters. The lowest BCUT2D eigenvalue weighted by molar-refractivity contribution is -0.157. The largest absolute Gasteiger partial charge is 0.379 e. The Hall–Kier alpha value is -1.47. The summed E-state index contributed by atoms with van der Waals surface area (Å²) in [5.74, 6) is -0.149. The molecule has 2 aliphatic rings. The molecule has 1 aromatic rings. The van der Waals surface area contributed by atoms with Gasteiger partial charge >= 0.3 is 0 Å². The van der Waals surface area contributed by atoms with Crippen molar-refractivity contribution in [2.75, 3.05) is 52.5 Å². The molecule has 0 bridgehead atoms. The van der Waals surface area contributed by atoms with E-state index in [0.29, 0.717) is 26.1 Å². The van der Waals surface area contributed by atoms with Crippen molar-refractivity contribution >= 4 is 5.91 Å². The van der Waals surface area contributed by atoms with Gasteiger partial charge in [-0.3, -0.25) is 9.69 Å². The van der Waals surface area contributed by atoms with E-state index in [1.807, 2.05) is 12.1 Å². The molecule has 0 radical (unpaired) electrons. The van der Waals surface area contributed by atoms with Crippen LogP contribution in [0.1, 0.15) is 24.0 Å². The molecule has 6 heteroatoms. The minimum atomic E-state index is -1.28. The van der Waals surface area contributed by atoms with E-state index in [1.165, 1.54) is 5.56 Å². The van der Waals surface area contributed by atoms with Gasteiger partial charge in [0.25, 0.3) is 5.91 Å². The normalized spacial score (nSPS) is 24.8. The van der Waals surface area contributed by atoms with Crippen molar-refractivity contribution in [1.82, 2.24) is 15.1 Å². The van der Waals surface area contributed by atoms with E-state index >= 15 is 0 Å². The quantitative estimate of drug-likeness (QED) is 0.703. The van der Waals surface area contributed by atoms with Gasteiger partial charge in [0.1, 0.15) is 0 Å². The number of likely N-dealkylation sites (tertiary alicyclic amines) is 1. The standard InChI is InChI=1S/C20H31N3O3/c1-17-4-2-5-18(14-17)15-23-8-3-6-20(25,19(23)24)16-21-7-9-22-10-12-26-13-11-22/h2,4-5,14,21,25H,3,6-13,15-16H2,1H3/t20-/m0/s1. The highest BCUT2D eigenvalue weighted by Crippen LogP contribution is 2.24.